The van der Waals surface area contributed by atoms with Gasteiger partial charge >= 0.3 is 18.1 Å². The molecular weight excluding hydrogens is 553 g/mol. The summed E-state index contributed by atoms with van der Waals surface area (Å²) in [6, 6.07) is 12.9. The minimum atomic E-state index is -4.55. The molecule has 13 heteroatoms. The third-order valence-electron chi connectivity index (χ3n) is 6.22. The van der Waals surface area contributed by atoms with Gasteiger partial charge in [0.15, 0.2) is 6.10 Å². The van der Waals surface area contributed by atoms with Gasteiger partial charge < -0.3 is 20.7 Å². The molecule has 1 aromatic heterocycles. The van der Waals surface area contributed by atoms with Crippen LogP contribution < -0.4 is 5.73 Å². The van der Waals surface area contributed by atoms with E-state index < -0.39 is 52.5 Å². The van der Waals surface area contributed by atoms with E-state index in [0.29, 0.717) is 22.1 Å². The molecule has 0 saturated heterocycles. The number of fused-ring (bicyclic) bond motifs is 1. The highest BCUT2D eigenvalue weighted by Crippen LogP contribution is 2.36. The van der Waals surface area contributed by atoms with E-state index in [9.17, 15) is 36.3 Å². The lowest BCUT2D eigenvalue weighted by Crippen LogP contribution is -2.47. The number of alkyl halides is 3. The van der Waals surface area contributed by atoms with Crippen LogP contribution in [0.25, 0.3) is 22.0 Å². The number of aromatic nitrogens is 1. The fraction of sp³-hybridized carbons (Fsp3) is 0.185. The Balaban J connectivity index is 1.83. The minimum Gasteiger partial charge on any atom is -0.480 e. The summed E-state index contributed by atoms with van der Waals surface area (Å²) < 4.78 is 72.8. The molecule has 40 heavy (non-hydrogen) atoms. The molecule has 0 aliphatic rings. The van der Waals surface area contributed by atoms with Crippen LogP contribution in [0.15, 0.2) is 77.8 Å². The van der Waals surface area contributed by atoms with Gasteiger partial charge in [-0.3, -0.25) is 4.79 Å². The molecule has 1 heterocycles. The molecule has 0 amide bonds. The average Bonchev–Trinajstić information content (AvgIpc) is 3.28. The number of aliphatic carboxylic acids is 2. The Hall–Kier alpha value is -4.20. The predicted octanol–water partition coefficient (Wildman–Crippen LogP) is 4.25. The van der Waals surface area contributed by atoms with Gasteiger partial charge in [-0.2, -0.15) is 13.2 Å². The van der Waals surface area contributed by atoms with Gasteiger partial charge in [-0.25, -0.2) is 17.2 Å². The van der Waals surface area contributed by atoms with Gasteiger partial charge in [-0.15, -0.1) is 0 Å². The number of carboxylic acid groups (broad SMARTS) is 2. The second-order valence-corrected chi connectivity index (χ2v) is 10.8. The normalized spacial score (nSPS) is 13.7. The van der Waals surface area contributed by atoms with Crippen LogP contribution >= 0.6 is 0 Å². The van der Waals surface area contributed by atoms with E-state index in [1.54, 1.807) is 19.1 Å². The number of carboxylic acids is 2. The lowest BCUT2D eigenvalue weighted by atomic mass is 10.0. The highest BCUT2D eigenvalue weighted by molar-refractivity contribution is 7.90. The molecule has 210 valence electrons. The molecular formula is C27H23F3N2O7S. The molecule has 0 aliphatic carbocycles. The first-order valence-electron chi connectivity index (χ1n) is 11.7. The number of benzene rings is 3. The SMILES string of the molecule is Cc1ccc(S(=O)(=O)n2cc(-c3ccc(C(F)(F)F)cc3)c3ccc(CO[C@H](C(=O)O)[C@H](N)C(=O)O)cc32)cc1. The summed E-state index contributed by atoms with van der Waals surface area (Å²) in [5, 5.41) is 18.8. The first kappa shape index (κ1) is 28.8. The van der Waals surface area contributed by atoms with Crippen molar-refractivity contribution in [2.24, 2.45) is 5.73 Å². The summed E-state index contributed by atoms with van der Waals surface area (Å²) in [7, 11) is -4.18. The van der Waals surface area contributed by atoms with Crippen molar-refractivity contribution in [3.05, 3.63) is 89.6 Å². The molecule has 4 rings (SSSR count). The molecule has 0 aliphatic heterocycles. The molecule has 0 radical (unpaired) electrons. The van der Waals surface area contributed by atoms with Crippen LogP contribution in [0.2, 0.25) is 0 Å². The fourth-order valence-electron chi connectivity index (χ4n) is 4.07. The number of rotatable bonds is 9. The topological polar surface area (TPSA) is 149 Å². The molecule has 0 bridgehead atoms. The van der Waals surface area contributed by atoms with Gasteiger partial charge in [0.25, 0.3) is 10.0 Å². The van der Waals surface area contributed by atoms with Crippen molar-refractivity contribution in [2.45, 2.75) is 36.7 Å². The maximum atomic E-state index is 13.6. The average molecular weight is 577 g/mol. The van der Waals surface area contributed by atoms with E-state index >= 15 is 0 Å². The van der Waals surface area contributed by atoms with Gasteiger partial charge in [-0.05, 0) is 48.4 Å². The van der Waals surface area contributed by atoms with Crippen molar-refractivity contribution in [3.63, 3.8) is 0 Å². The van der Waals surface area contributed by atoms with Crippen molar-refractivity contribution in [2.75, 3.05) is 0 Å². The van der Waals surface area contributed by atoms with Gasteiger partial charge in [0.1, 0.15) is 6.04 Å². The lowest BCUT2D eigenvalue weighted by molar-refractivity contribution is -0.159. The van der Waals surface area contributed by atoms with Gasteiger partial charge in [0.05, 0.1) is 22.6 Å². The van der Waals surface area contributed by atoms with Crippen molar-refractivity contribution in [1.82, 2.24) is 3.97 Å². The standard InChI is InChI=1S/C27H23F3N2O7S/c1-15-2-9-19(10-3-15)40(37,38)32-13-21(17-5-7-18(8-6-17)27(28,29)30)20-11-4-16(12-22(20)32)14-39-24(26(35)36)23(31)25(33)34/h2-13,23-24H,14,31H2,1H3,(H,33,34)(H,35,36)/t23-,24-/m0/s1. The van der Waals surface area contributed by atoms with Crippen LogP contribution in [0.4, 0.5) is 13.2 Å². The highest BCUT2D eigenvalue weighted by Gasteiger charge is 2.32. The Kier molecular flexibility index (Phi) is 7.74. The van der Waals surface area contributed by atoms with Crippen molar-refractivity contribution >= 4 is 32.9 Å². The van der Waals surface area contributed by atoms with Crippen molar-refractivity contribution < 1.29 is 46.1 Å². The number of carbonyl (C=O) groups is 2. The Morgan fingerprint density at radius 3 is 2.15 bits per heavy atom. The first-order chi connectivity index (χ1) is 18.7. The molecule has 0 spiro atoms. The van der Waals surface area contributed by atoms with E-state index in [4.69, 9.17) is 15.6 Å². The van der Waals surface area contributed by atoms with Crippen LogP contribution in [0.5, 0.6) is 0 Å². The summed E-state index contributed by atoms with van der Waals surface area (Å²) in [6.45, 7) is 1.37. The number of nitrogens with zero attached hydrogens (tertiary/aromatic N) is 1. The predicted molar refractivity (Wildman–Crippen MR) is 138 cm³/mol. The molecule has 0 unspecified atom stereocenters. The van der Waals surface area contributed by atoms with E-state index in [1.807, 2.05) is 0 Å². The van der Waals surface area contributed by atoms with Crippen LogP contribution in [-0.2, 0) is 37.1 Å². The smallest absolute Gasteiger partial charge is 0.416 e. The zero-order valence-corrected chi connectivity index (χ0v) is 21.6. The maximum absolute atomic E-state index is 13.6. The number of halogens is 3. The second-order valence-electron chi connectivity index (χ2n) is 9.02. The third-order valence-corrected chi connectivity index (χ3v) is 7.91. The number of hydrogen-bond donors (Lipinski definition) is 3. The minimum absolute atomic E-state index is 0.0333. The number of nitrogens with two attached hydrogens (primary N) is 1. The molecule has 2 atom stereocenters. The summed E-state index contributed by atoms with van der Waals surface area (Å²) in [5.41, 5.74) is 6.50. The molecule has 0 saturated carbocycles. The monoisotopic (exact) mass is 576 g/mol. The first-order valence-corrected chi connectivity index (χ1v) is 13.1. The van der Waals surface area contributed by atoms with Crippen LogP contribution in [0.3, 0.4) is 0 Å². The zero-order valence-electron chi connectivity index (χ0n) is 20.8. The molecule has 4 aromatic rings. The van der Waals surface area contributed by atoms with Gasteiger partial charge in [0.2, 0.25) is 0 Å². The molecule has 9 nitrogen and oxygen atoms in total. The number of aryl methyl sites for hydroxylation is 1. The van der Waals surface area contributed by atoms with Crippen LogP contribution in [0, 0.1) is 6.92 Å². The molecule has 0 fully saturated rings. The highest BCUT2D eigenvalue weighted by atomic mass is 32.2. The number of hydrogen-bond acceptors (Lipinski definition) is 6. The maximum Gasteiger partial charge on any atom is 0.416 e. The van der Waals surface area contributed by atoms with Crippen molar-refractivity contribution in [1.29, 1.82) is 0 Å². The summed E-state index contributed by atoms with van der Waals surface area (Å²) >= 11 is 0. The molecule has 3 aromatic carbocycles. The quantitative estimate of drug-likeness (QED) is 0.268. The Morgan fingerprint density at radius 1 is 0.975 bits per heavy atom. The van der Waals surface area contributed by atoms with E-state index in [2.05, 4.69) is 0 Å². The third kappa shape index (κ3) is 5.71. The van der Waals surface area contributed by atoms with Gasteiger partial charge in [0, 0.05) is 17.1 Å². The summed E-state index contributed by atoms with van der Waals surface area (Å²) in [4.78, 5) is 22.6. The van der Waals surface area contributed by atoms with E-state index in [0.717, 1.165) is 21.7 Å². The van der Waals surface area contributed by atoms with Crippen LogP contribution in [0.1, 0.15) is 16.7 Å². The lowest BCUT2D eigenvalue weighted by Gasteiger charge is -2.17. The van der Waals surface area contributed by atoms with E-state index in [1.165, 1.54) is 48.7 Å². The molecule has 4 N–H and O–H groups in total. The summed E-state index contributed by atoms with van der Waals surface area (Å²) in [6.07, 6.45) is -5.13. The zero-order chi connectivity index (χ0) is 29.4. The summed E-state index contributed by atoms with van der Waals surface area (Å²) in [5.74, 6) is -3.17. The largest absolute Gasteiger partial charge is 0.480 e. The van der Waals surface area contributed by atoms with Gasteiger partial charge in [-0.1, -0.05) is 42.0 Å². The Bertz CT molecular complexity index is 1680. The second kappa shape index (κ2) is 10.8. The fourth-order valence-corrected chi connectivity index (χ4v) is 5.43. The van der Waals surface area contributed by atoms with Crippen molar-refractivity contribution in [3.8, 4) is 11.1 Å². The Labute approximate surface area is 226 Å². The van der Waals surface area contributed by atoms with Crippen LogP contribution in [-0.4, -0.2) is 46.7 Å². The van der Waals surface area contributed by atoms with E-state index in [-0.39, 0.29) is 10.4 Å². The number of ether oxygens (including phenoxy) is 1. The Morgan fingerprint density at radius 2 is 1.60 bits per heavy atom.